The average Bonchev–Trinajstić information content (AvgIpc) is 2.44. The van der Waals surface area contributed by atoms with E-state index in [2.05, 4.69) is 10.1 Å². The standard InChI is InChI=1S/C17H22FNO4/c1-17(2,3)23-16(21)19-12-6-5-10-9-14(18)13(15(20)22-4)8-11(10)7-12/h8-9,12H,5-7H2,1-4H3,(H,19,21)/t12-/m0/s1. The Morgan fingerprint density at radius 3 is 2.57 bits per heavy atom. The Kier molecular flexibility index (Phi) is 4.92. The van der Waals surface area contributed by atoms with Gasteiger partial charge in [-0.1, -0.05) is 0 Å². The summed E-state index contributed by atoms with van der Waals surface area (Å²) < 4.78 is 23.7. The van der Waals surface area contributed by atoms with Crippen LogP contribution in [-0.2, 0) is 22.3 Å². The number of aryl methyl sites for hydroxylation is 1. The molecule has 0 spiro atoms. The maximum absolute atomic E-state index is 13.9. The Hall–Kier alpha value is -2.11. The maximum atomic E-state index is 13.9. The van der Waals surface area contributed by atoms with Gasteiger partial charge in [0.15, 0.2) is 0 Å². The molecule has 0 heterocycles. The Balaban J connectivity index is 2.11. The molecule has 126 valence electrons. The SMILES string of the molecule is COC(=O)c1cc2c(cc1F)CC[C@H](NC(=O)OC(C)(C)C)C2. The van der Waals surface area contributed by atoms with Crippen molar-refractivity contribution in [2.45, 2.75) is 51.7 Å². The van der Waals surface area contributed by atoms with Gasteiger partial charge in [0.05, 0.1) is 12.7 Å². The second-order valence-electron chi connectivity index (χ2n) is 6.68. The molecule has 6 heteroatoms. The van der Waals surface area contributed by atoms with Gasteiger partial charge in [0, 0.05) is 6.04 Å². The minimum atomic E-state index is -0.701. The number of rotatable bonds is 2. The van der Waals surface area contributed by atoms with Crippen LogP contribution in [-0.4, -0.2) is 30.8 Å². The molecule has 0 saturated carbocycles. The molecule has 5 nitrogen and oxygen atoms in total. The van der Waals surface area contributed by atoms with Gasteiger partial charge in [-0.2, -0.15) is 0 Å². The normalized spacial score (nSPS) is 17.2. The summed E-state index contributed by atoms with van der Waals surface area (Å²) >= 11 is 0. The highest BCUT2D eigenvalue weighted by molar-refractivity contribution is 5.90. The van der Waals surface area contributed by atoms with Crippen molar-refractivity contribution in [1.29, 1.82) is 0 Å². The molecule has 1 aliphatic rings. The number of hydrogen-bond acceptors (Lipinski definition) is 4. The number of esters is 1. The van der Waals surface area contributed by atoms with Gasteiger partial charge in [-0.3, -0.25) is 0 Å². The van der Waals surface area contributed by atoms with E-state index in [4.69, 9.17) is 4.74 Å². The molecule has 0 aromatic heterocycles. The molecule has 1 aliphatic carbocycles. The lowest BCUT2D eigenvalue weighted by atomic mass is 9.87. The first-order chi connectivity index (χ1) is 10.7. The lowest BCUT2D eigenvalue weighted by Gasteiger charge is -2.27. The smallest absolute Gasteiger partial charge is 0.407 e. The summed E-state index contributed by atoms with van der Waals surface area (Å²) in [6.07, 6.45) is 1.39. The van der Waals surface area contributed by atoms with E-state index in [1.807, 2.05) is 0 Å². The lowest BCUT2D eigenvalue weighted by Crippen LogP contribution is -2.42. The summed E-state index contributed by atoms with van der Waals surface area (Å²) in [6, 6.07) is 2.79. The molecule has 23 heavy (non-hydrogen) atoms. The third-order valence-electron chi connectivity index (χ3n) is 3.64. The van der Waals surface area contributed by atoms with Crippen LogP contribution in [0.2, 0.25) is 0 Å². The molecule has 1 aromatic carbocycles. The maximum Gasteiger partial charge on any atom is 0.407 e. The van der Waals surface area contributed by atoms with Crippen molar-refractivity contribution in [3.05, 3.63) is 34.6 Å². The summed E-state index contributed by atoms with van der Waals surface area (Å²) in [5.41, 5.74) is 1.07. The molecule has 0 bridgehead atoms. The van der Waals surface area contributed by atoms with Gasteiger partial charge in [0.2, 0.25) is 0 Å². The molecule has 0 unspecified atom stereocenters. The van der Waals surface area contributed by atoms with Crippen LogP contribution < -0.4 is 5.32 Å². The number of alkyl carbamates (subject to hydrolysis) is 1. The van der Waals surface area contributed by atoms with Crippen LogP contribution in [0.5, 0.6) is 0 Å². The topological polar surface area (TPSA) is 64.6 Å². The van der Waals surface area contributed by atoms with Crippen LogP contribution in [0.3, 0.4) is 0 Å². The van der Waals surface area contributed by atoms with E-state index in [0.717, 1.165) is 11.1 Å². The van der Waals surface area contributed by atoms with Crippen molar-refractivity contribution in [2.75, 3.05) is 7.11 Å². The van der Waals surface area contributed by atoms with Crippen LogP contribution >= 0.6 is 0 Å². The van der Waals surface area contributed by atoms with E-state index in [1.165, 1.54) is 19.2 Å². The summed E-state index contributed by atoms with van der Waals surface area (Å²) in [4.78, 5) is 23.4. The minimum Gasteiger partial charge on any atom is -0.465 e. The number of fused-ring (bicyclic) bond motifs is 1. The van der Waals surface area contributed by atoms with Crippen molar-refractivity contribution in [1.82, 2.24) is 5.32 Å². The Morgan fingerprint density at radius 1 is 1.26 bits per heavy atom. The quantitative estimate of drug-likeness (QED) is 0.850. The number of hydrogen-bond donors (Lipinski definition) is 1. The Morgan fingerprint density at radius 2 is 1.96 bits per heavy atom. The summed E-state index contributed by atoms with van der Waals surface area (Å²) in [7, 11) is 1.22. The molecular weight excluding hydrogens is 301 g/mol. The second kappa shape index (κ2) is 6.56. The van der Waals surface area contributed by atoms with Crippen LogP contribution in [0.15, 0.2) is 12.1 Å². The van der Waals surface area contributed by atoms with Crippen LogP contribution in [0.4, 0.5) is 9.18 Å². The van der Waals surface area contributed by atoms with Crippen molar-refractivity contribution in [3.63, 3.8) is 0 Å². The monoisotopic (exact) mass is 323 g/mol. The third-order valence-corrected chi connectivity index (χ3v) is 3.64. The molecular formula is C17H22FNO4. The van der Waals surface area contributed by atoms with Gasteiger partial charge in [-0.05, 0) is 63.3 Å². The fourth-order valence-electron chi connectivity index (χ4n) is 2.64. The molecule has 1 amide bonds. The number of ether oxygens (including phenoxy) is 2. The van der Waals surface area contributed by atoms with Crippen molar-refractivity contribution in [3.8, 4) is 0 Å². The second-order valence-corrected chi connectivity index (χ2v) is 6.68. The van der Waals surface area contributed by atoms with Gasteiger partial charge in [-0.15, -0.1) is 0 Å². The van der Waals surface area contributed by atoms with Gasteiger partial charge in [0.1, 0.15) is 11.4 Å². The summed E-state index contributed by atoms with van der Waals surface area (Å²) in [5, 5.41) is 2.82. The number of carbonyl (C=O) groups excluding carboxylic acids is 2. The largest absolute Gasteiger partial charge is 0.465 e. The molecule has 1 aromatic rings. The molecule has 1 N–H and O–H groups in total. The highest BCUT2D eigenvalue weighted by Gasteiger charge is 2.25. The first kappa shape index (κ1) is 17.2. The highest BCUT2D eigenvalue weighted by Crippen LogP contribution is 2.25. The van der Waals surface area contributed by atoms with Gasteiger partial charge in [0.25, 0.3) is 0 Å². The van der Waals surface area contributed by atoms with Gasteiger partial charge < -0.3 is 14.8 Å². The van der Waals surface area contributed by atoms with Crippen LogP contribution in [0.1, 0.15) is 48.7 Å². The zero-order valence-electron chi connectivity index (χ0n) is 13.9. The zero-order chi connectivity index (χ0) is 17.2. The lowest BCUT2D eigenvalue weighted by molar-refractivity contribution is 0.0498. The number of amides is 1. The number of nitrogens with one attached hydrogen (secondary N) is 1. The molecule has 0 aliphatic heterocycles. The average molecular weight is 323 g/mol. The fourth-order valence-corrected chi connectivity index (χ4v) is 2.64. The van der Waals surface area contributed by atoms with Crippen molar-refractivity contribution < 1.29 is 23.5 Å². The number of carbonyl (C=O) groups is 2. The van der Waals surface area contributed by atoms with Crippen LogP contribution in [0.25, 0.3) is 0 Å². The van der Waals surface area contributed by atoms with E-state index in [9.17, 15) is 14.0 Å². The first-order valence-corrected chi connectivity index (χ1v) is 7.58. The fraction of sp³-hybridized carbons (Fsp3) is 0.529. The predicted octanol–water partition coefficient (Wildman–Crippen LogP) is 2.99. The number of benzene rings is 1. The molecule has 2 rings (SSSR count). The van der Waals surface area contributed by atoms with E-state index in [-0.39, 0.29) is 11.6 Å². The number of methoxy groups -OCH3 is 1. The predicted molar refractivity (Wildman–Crippen MR) is 82.9 cm³/mol. The molecule has 0 saturated heterocycles. The molecule has 0 fully saturated rings. The van der Waals surface area contributed by atoms with Gasteiger partial charge in [-0.25, -0.2) is 14.0 Å². The van der Waals surface area contributed by atoms with Crippen LogP contribution in [0, 0.1) is 5.82 Å². The Bertz CT molecular complexity index is 622. The Labute approximate surface area is 135 Å². The van der Waals surface area contributed by atoms with E-state index < -0.39 is 23.5 Å². The van der Waals surface area contributed by atoms with E-state index in [0.29, 0.717) is 19.3 Å². The summed E-state index contributed by atoms with van der Waals surface area (Å²) in [5.74, 6) is -1.28. The highest BCUT2D eigenvalue weighted by atomic mass is 19.1. The zero-order valence-corrected chi connectivity index (χ0v) is 13.9. The van der Waals surface area contributed by atoms with Crippen molar-refractivity contribution >= 4 is 12.1 Å². The minimum absolute atomic E-state index is 0.0795. The van der Waals surface area contributed by atoms with E-state index >= 15 is 0 Å². The molecule has 1 atom stereocenters. The van der Waals surface area contributed by atoms with Crippen molar-refractivity contribution in [2.24, 2.45) is 0 Å². The van der Waals surface area contributed by atoms with E-state index in [1.54, 1.807) is 20.8 Å². The van der Waals surface area contributed by atoms with Gasteiger partial charge >= 0.3 is 12.1 Å². The summed E-state index contributed by atoms with van der Waals surface area (Å²) in [6.45, 7) is 5.40. The molecule has 0 radical (unpaired) electrons. The number of halogens is 1. The third kappa shape index (κ3) is 4.43. The first-order valence-electron chi connectivity index (χ1n) is 7.58.